The van der Waals surface area contributed by atoms with Crippen LogP contribution in [0.1, 0.15) is 29.8 Å². The number of hydrogen-bond donors (Lipinski definition) is 0. The van der Waals surface area contributed by atoms with Crippen LogP contribution in [-0.4, -0.2) is 34.4 Å². The Morgan fingerprint density at radius 1 is 1.07 bits per heavy atom. The van der Waals surface area contributed by atoms with Gasteiger partial charge in [0.15, 0.2) is 6.61 Å². The van der Waals surface area contributed by atoms with Gasteiger partial charge in [0.1, 0.15) is 5.15 Å². The van der Waals surface area contributed by atoms with E-state index in [1.165, 1.54) is 0 Å². The molecule has 0 aliphatic carbocycles. The van der Waals surface area contributed by atoms with Crippen molar-refractivity contribution in [2.24, 2.45) is 0 Å². The zero-order chi connectivity index (χ0) is 20.1. The fourth-order valence-electron chi connectivity index (χ4n) is 2.86. The molecular weight excluding hydrogens is 376 g/mol. The van der Waals surface area contributed by atoms with E-state index in [1.54, 1.807) is 35.2 Å². The summed E-state index contributed by atoms with van der Waals surface area (Å²) in [5.74, 6) is -0.782. The SMILES string of the molecule is CC(C)N(Cc1ccccc1)C(=O)COC(=O)c1ccc2nc(Cl)ccc2c1. The number of hydrogen-bond acceptors (Lipinski definition) is 4. The third kappa shape index (κ3) is 4.87. The van der Waals surface area contributed by atoms with E-state index in [2.05, 4.69) is 4.98 Å². The van der Waals surface area contributed by atoms with Gasteiger partial charge >= 0.3 is 5.97 Å². The molecule has 0 N–H and O–H groups in total. The van der Waals surface area contributed by atoms with E-state index in [0.29, 0.717) is 22.8 Å². The predicted octanol–water partition coefficient (Wildman–Crippen LogP) is 4.48. The van der Waals surface area contributed by atoms with Crippen LogP contribution in [-0.2, 0) is 16.1 Å². The number of halogens is 1. The molecule has 6 heteroatoms. The Morgan fingerprint density at radius 2 is 1.82 bits per heavy atom. The summed E-state index contributed by atoms with van der Waals surface area (Å²) in [6, 6.07) is 18.1. The normalized spacial score (nSPS) is 10.9. The molecule has 3 aromatic rings. The van der Waals surface area contributed by atoms with Crippen LogP contribution in [0.25, 0.3) is 10.9 Å². The van der Waals surface area contributed by atoms with Gasteiger partial charge in [0.25, 0.3) is 5.91 Å². The van der Waals surface area contributed by atoms with E-state index in [4.69, 9.17) is 16.3 Å². The Bertz CT molecular complexity index is 989. The lowest BCUT2D eigenvalue weighted by Crippen LogP contribution is -2.39. The maximum absolute atomic E-state index is 12.6. The van der Waals surface area contributed by atoms with Crippen LogP contribution >= 0.6 is 11.6 Å². The molecule has 0 aliphatic rings. The fraction of sp³-hybridized carbons (Fsp3) is 0.227. The first-order valence-corrected chi connectivity index (χ1v) is 9.38. The molecule has 1 heterocycles. The van der Waals surface area contributed by atoms with Gasteiger partial charge in [-0.3, -0.25) is 4.79 Å². The standard InChI is InChI=1S/C22H21ClN2O3/c1-15(2)25(13-16-6-4-3-5-7-16)21(26)14-28-22(27)18-8-10-19-17(12-18)9-11-20(23)24-19/h3-12,15H,13-14H2,1-2H3. The first kappa shape index (κ1) is 19.8. The van der Waals surface area contributed by atoms with E-state index in [-0.39, 0.29) is 18.6 Å². The Morgan fingerprint density at radius 3 is 2.54 bits per heavy atom. The minimum absolute atomic E-state index is 0.0112. The molecule has 0 saturated carbocycles. The van der Waals surface area contributed by atoms with Crippen molar-refractivity contribution in [2.45, 2.75) is 26.4 Å². The van der Waals surface area contributed by atoms with Crippen molar-refractivity contribution in [3.8, 4) is 0 Å². The van der Waals surface area contributed by atoms with Gasteiger partial charge in [-0.25, -0.2) is 9.78 Å². The zero-order valence-electron chi connectivity index (χ0n) is 15.8. The summed E-state index contributed by atoms with van der Waals surface area (Å²) in [6.45, 7) is 4.03. The molecule has 1 amide bonds. The van der Waals surface area contributed by atoms with E-state index in [1.807, 2.05) is 44.2 Å². The number of carbonyl (C=O) groups excluding carboxylic acids is 2. The lowest BCUT2D eigenvalue weighted by Gasteiger charge is -2.26. The average molecular weight is 397 g/mol. The summed E-state index contributed by atoms with van der Waals surface area (Å²) in [5, 5.41) is 1.17. The maximum Gasteiger partial charge on any atom is 0.338 e. The molecule has 0 bridgehead atoms. The number of pyridine rings is 1. The third-order valence-corrected chi connectivity index (χ3v) is 4.57. The number of carbonyl (C=O) groups is 2. The van der Waals surface area contributed by atoms with Crippen molar-refractivity contribution >= 4 is 34.4 Å². The summed E-state index contributed by atoms with van der Waals surface area (Å²) >= 11 is 5.87. The summed E-state index contributed by atoms with van der Waals surface area (Å²) in [4.78, 5) is 30.8. The Labute approximate surface area is 168 Å². The lowest BCUT2D eigenvalue weighted by molar-refractivity contribution is -0.136. The van der Waals surface area contributed by atoms with Crippen LogP contribution in [0.3, 0.4) is 0 Å². The van der Waals surface area contributed by atoms with Gasteiger partial charge in [0.05, 0.1) is 11.1 Å². The highest BCUT2D eigenvalue weighted by Gasteiger charge is 2.19. The van der Waals surface area contributed by atoms with Gasteiger partial charge in [-0.15, -0.1) is 0 Å². The number of amides is 1. The minimum Gasteiger partial charge on any atom is -0.452 e. The monoisotopic (exact) mass is 396 g/mol. The Hall–Kier alpha value is -2.92. The maximum atomic E-state index is 12.6. The molecule has 0 aliphatic heterocycles. The molecule has 1 aromatic heterocycles. The zero-order valence-corrected chi connectivity index (χ0v) is 16.5. The summed E-state index contributed by atoms with van der Waals surface area (Å²) < 4.78 is 5.25. The highest BCUT2D eigenvalue weighted by Crippen LogP contribution is 2.18. The molecular formula is C22H21ClN2O3. The van der Waals surface area contributed by atoms with Crippen molar-refractivity contribution in [2.75, 3.05) is 6.61 Å². The van der Waals surface area contributed by atoms with Crippen LogP contribution in [0, 0.1) is 0 Å². The van der Waals surface area contributed by atoms with Crippen molar-refractivity contribution in [1.29, 1.82) is 0 Å². The van der Waals surface area contributed by atoms with Gasteiger partial charge in [-0.1, -0.05) is 41.9 Å². The molecule has 144 valence electrons. The van der Waals surface area contributed by atoms with Gasteiger partial charge in [0.2, 0.25) is 0 Å². The summed E-state index contributed by atoms with van der Waals surface area (Å²) in [7, 11) is 0. The van der Waals surface area contributed by atoms with Crippen LogP contribution < -0.4 is 0 Å². The summed E-state index contributed by atoms with van der Waals surface area (Å²) in [6.07, 6.45) is 0. The van der Waals surface area contributed by atoms with E-state index >= 15 is 0 Å². The Kier molecular flexibility index (Phi) is 6.26. The average Bonchev–Trinajstić information content (AvgIpc) is 2.70. The largest absolute Gasteiger partial charge is 0.452 e. The van der Waals surface area contributed by atoms with Crippen LogP contribution in [0.4, 0.5) is 0 Å². The summed E-state index contributed by atoms with van der Waals surface area (Å²) in [5.41, 5.74) is 2.08. The number of rotatable bonds is 6. The topological polar surface area (TPSA) is 59.5 Å². The highest BCUT2D eigenvalue weighted by atomic mass is 35.5. The number of esters is 1. The molecule has 0 saturated heterocycles. The van der Waals surface area contributed by atoms with Crippen molar-refractivity contribution < 1.29 is 14.3 Å². The number of aromatic nitrogens is 1. The van der Waals surface area contributed by atoms with Crippen LogP contribution in [0.2, 0.25) is 5.15 Å². The van der Waals surface area contributed by atoms with Crippen molar-refractivity contribution in [3.63, 3.8) is 0 Å². The first-order chi connectivity index (χ1) is 13.4. The second-order valence-electron chi connectivity index (χ2n) is 6.72. The molecule has 0 spiro atoms. The minimum atomic E-state index is -0.548. The van der Waals surface area contributed by atoms with E-state index in [0.717, 1.165) is 10.9 Å². The van der Waals surface area contributed by atoms with Gasteiger partial charge in [-0.05, 0) is 49.7 Å². The fourth-order valence-corrected chi connectivity index (χ4v) is 3.01. The molecule has 0 unspecified atom stereocenters. The van der Waals surface area contributed by atoms with Gasteiger partial charge in [-0.2, -0.15) is 0 Å². The second-order valence-corrected chi connectivity index (χ2v) is 7.11. The Balaban J connectivity index is 1.65. The predicted molar refractivity (Wildman–Crippen MR) is 109 cm³/mol. The molecule has 0 atom stereocenters. The van der Waals surface area contributed by atoms with Gasteiger partial charge in [0, 0.05) is 18.0 Å². The third-order valence-electron chi connectivity index (χ3n) is 4.36. The molecule has 3 rings (SSSR count). The van der Waals surface area contributed by atoms with E-state index < -0.39 is 5.97 Å². The van der Waals surface area contributed by atoms with Crippen molar-refractivity contribution in [3.05, 3.63) is 76.9 Å². The number of benzene rings is 2. The number of ether oxygens (including phenoxy) is 1. The van der Waals surface area contributed by atoms with Gasteiger partial charge < -0.3 is 9.64 Å². The molecule has 0 fully saturated rings. The van der Waals surface area contributed by atoms with Crippen LogP contribution in [0.5, 0.6) is 0 Å². The second kappa shape index (κ2) is 8.85. The first-order valence-electron chi connectivity index (χ1n) is 9.01. The quantitative estimate of drug-likeness (QED) is 0.455. The van der Waals surface area contributed by atoms with E-state index in [9.17, 15) is 9.59 Å². The molecule has 2 aromatic carbocycles. The number of fused-ring (bicyclic) bond motifs is 1. The van der Waals surface area contributed by atoms with Crippen molar-refractivity contribution in [1.82, 2.24) is 9.88 Å². The number of nitrogens with zero attached hydrogens (tertiary/aromatic N) is 2. The smallest absolute Gasteiger partial charge is 0.338 e. The van der Waals surface area contributed by atoms with Crippen LogP contribution in [0.15, 0.2) is 60.7 Å². The molecule has 0 radical (unpaired) electrons. The lowest BCUT2D eigenvalue weighted by atomic mass is 10.1. The molecule has 28 heavy (non-hydrogen) atoms. The highest BCUT2D eigenvalue weighted by molar-refractivity contribution is 6.29. The molecule has 5 nitrogen and oxygen atoms in total.